The number of thioether (sulfide) groups is 1. The lowest BCUT2D eigenvalue weighted by atomic mass is 10.2. The molecule has 206 valence electrons. The molecular weight excluding hydrogens is 498 g/mol. The lowest BCUT2D eigenvalue weighted by molar-refractivity contribution is -0.146. The first-order chi connectivity index (χ1) is 18.6. The summed E-state index contributed by atoms with van der Waals surface area (Å²) in [6, 6.07) is 1.55. The minimum Gasteiger partial charge on any atom is -0.462 e. The van der Waals surface area contributed by atoms with Crippen LogP contribution in [0, 0.1) is 0 Å². The zero-order valence-corrected chi connectivity index (χ0v) is 23.1. The highest BCUT2D eigenvalue weighted by Gasteiger charge is 2.29. The van der Waals surface area contributed by atoms with Gasteiger partial charge in [-0.2, -0.15) is 4.98 Å². The quantitative estimate of drug-likeness (QED) is 0.180. The van der Waals surface area contributed by atoms with Gasteiger partial charge in [0.2, 0.25) is 0 Å². The average molecular weight is 540 g/mol. The molecule has 0 aliphatic carbocycles. The Balaban J connectivity index is 1.46. The fraction of sp³-hybridized carbons (Fsp3) is 0.433. The SMILES string of the molecule is CCC=CCC=CCC=CCC=CCC=CCC=CCCC(=O)OC[C@@H]1O[C@H](n2ccc(N)nc2=O)CS1. The molecule has 2 atom stereocenters. The van der Waals surface area contributed by atoms with E-state index in [2.05, 4.69) is 78.7 Å². The molecule has 0 bridgehead atoms. The minimum absolute atomic E-state index is 0.154. The summed E-state index contributed by atoms with van der Waals surface area (Å²) < 4.78 is 12.5. The van der Waals surface area contributed by atoms with E-state index in [0.29, 0.717) is 18.6 Å². The number of ether oxygens (including phenoxy) is 2. The number of hydrogen-bond acceptors (Lipinski definition) is 7. The molecule has 0 radical (unpaired) electrons. The number of nitrogens with two attached hydrogens (primary N) is 1. The molecule has 2 heterocycles. The molecule has 1 aromatic rings. The normalized spacial score (nSPS) is 18.4. The number of allylic oxidation sites excluding steroid dienone is 12. The van der Waals surface area contributed by atoms with Crippen molar-refractivity contribution in [2.24, 2.45) is 0 Å². The molecule has 1 saturated heterocycles. The van der Waals surface area contributed by atoms with Crippen LogP contribution in [0.3, 0.4) is 0 Å². The van der Waals surface area contributed by atoms with Crippen LogP contribution in [0.25, 0.3) is 0 Å². The summed E-state index contributed by atoms with van der Waals surface area (Å²) in [5.41, 5.74) is 4.76. The van der Waals surface area contributed by atoms with E-state index in [4.69, 9.17) is 15.2 Å². The van der Waals surface area contributed by atoms with E-state index in [9.17, 15) is 9.59 Å². The summed E-state index contributed by atoms with van der Waals surface area (Å²) in [5.74, 6) is 0.490. The molecular formula is C30H41N3O4S. The molecule has 1 aliphatic heterocycles. The topological polar surface area (TPSA) is 96.4 Å². The number of carbonyl (C=O) groups excluding carboxylic acids is 1. The van der Waals surface area contributed by atoms with Gasteiger partial charge in [0, 0.05) is 18.4 Å². The summed E-state index contributed by atoms with van der Waals surface area (Å²) >= 11 is 1.50. The Morgan fingerprint density at radius 3 is 2.11 bits per heavy atom. The molecule has 0 amide bonds. The lowest BCUT2D eigenvalue weighted by Crippen LogP contribution is -2.29. The van der Waals surface area contributed by atoms with Crippen LogP contribution in [-0.2, 0) is 14.3 Å². The Hall–Kier alpha value is -3.10. The van der Waals surface area contributed by atoms with E-state index in [-0.39, 0.29) is 23.8 Å². The largest absolute Gasteiger partial charge is 0.462 e. The smallest absolute Gasteiger partial charge is 0.351 e. The van der Waals surface area contributed by atoms with Gasteiger partial charge < -0.3 is 15.2 Å². The van der Waals surface area contributed by atoms with Crippen LogP contribution in [0.15, 0.2) is 90.0 Å². The van der Waals surface area contributed by atoms with Crippen molar-refractivity contribution in [1.82, 2.24) is 9.55 Å². The molecule has 2 N–H and O–H groups in total. The second-order valence-electron chi connectivity index (χ2n) is 8.53. The number of rotatable bonds is 17. The summed E-state index contributed by atoms with van der Waals surface area (Å²) in [6.07, 6.45) is 33.8. The molecule has 8 heteroatoms. The standard InChI is InChI=1S/C30H41N3O4S/c1-2-3-4-5-6-7-8-9-10-11-12-13-14-15-16-17-18-19-20-21-28(34)36-24-29-37-27(25-38-29)33-23-22-26(31)32-30(33)35/h3-4,6-7,9-10,12-13,15-16,18-19,22-23,27,29H,2,5,8,11,14,17,20-21,24-25H2,1H3,(H2,31,32,35)/t27-,29+/m0/s1. The number of hydrogen-bond donors (Lipinski definition) is 1. The number of nitrogen functional groups attached to an aromatic ring is 1. The van der Waals surface area contributed by atoms with E-state index in [1.807, 2.05) is 6.08 Å². The van der Waals surface area contributed by atoms with Gasteiger partial charge >= 0.3 is 11.7 Å². The monoisotopic (exact) mass is 539 g/mol. The van der Waals surface area contributed by atoms with Gasteiger partial charge in [0.1, 0.15) is 24.1 Å². The third-order valence-corrected chi connectivity index (χ3v) is 6.48. The van der Waals surface area contributed by atoms with E-state index in [1.165, 1.54) is 16.3 Å². The molecule has 0 aromatic carbocycles. The van der Waals surface area contributed by atoms with Gasteiger partial charge in [0.15, 0.2) is 0 Å². The highest BCUT2D eigenvalue weighted by Crippen LogP contribution is 2.31. The third kappa shape index (κ3) is 14.0. The van der Waals surface area contributed by atoms with Crippen LogP contribution < -0.4 is 11.4 Å². The van der Waals surface area contributed by atoms with Crippen molar-refractivity contribution >= 4 is 23.5 Å². The van der Waals surface area contributed by atoms with Gasteiger partial charge in [-0.3, -0.25) is 9.36 Å². The Labute approximate surface area is 230 Å². The third-order valence-electron chi connectivity index (χ3n) is 5.39. The van der Waals surface area contributed by atoms with Crippen molar-refractivity contribution in [3.8, 4) is 0 Å². The Morgan fingerprint density at radius 2 is 1.55 bits per heavy atom. The van der Waals surface area contributed by atoms with Gasteiger partial charge in [-0.15, -0.1) is 11.8 Å². The van der Waals surface area contributed by atoms with Crippen LogP contribution in [-0.4, -0.2) is 33.3 Å². The summed E-state index contributed by atoms with van der Waals surface area (Å²) in [5, 5.41) is 0. The number of aromatic nitrogens is 2. The lowest BCUT2D eigenvalue weighted by Gasteiger charge is -2.14. The number of esters is 1. The second kappa shape index (κ2) is 19.9. The van der Waals surface area contributed by atoms with Crippen LogP contribution in [0.5, 0.6) is 0 Å². The maximum Gasteiger partial charge on any atom is 0.351 e. The van der Waals surface area contributed by atoms with Crippen molar-refractivity contribution in [2.45, 2.75) is 70.0 Å². The Kier molecular flexibility index (Phi) is 16.3. The first-order valence-electron chi connectivity index (χ1n) is 13.3. The van der Waals surface area contributed by atoms with Crippen LogP contribution in [0.4, 0.5) is 5.82 Å². The maximum absolute atomic E-state index is 12.0. The van der Waals surface area contributed by atoms with E-state index >= 15 is 0 Å². The molecule has 0 unspecified atom stereocenters. The molecule has 7 nitrogen and oxygen atoms in total. The number of nitrogens with zero attached hydrogens (tertiary/aromatic N) is 2. The highest BCUT2D eigenvalue weighted by molar-refractivity contribution is 8.00. The second-order valence-corrected chi connectivity index (χ2v) is 9.73. The molecule has 38 heavy (non-hydrogen) atoms. The molecule has 1 aliphatic rings. The van der Waals surface area contributed by atoms with Crippen molar-refractivity contribution in [3.63, 3.8) is 0 Å². The summed E-state index contributed by atoms with van der Waals surface area (Å²) in [6.45, 7) is 2.30. The van der Waals surface area contributed by atoms with Gasteiger partial charge in [0.05, 0.1) is 0 Å². The van der Waals surface area contributed by atoms with Crippen molar-refractivity contribution in [2.75, 3.05) is 18.1 Å². The van der Waals surface area contributed by atoms with E-state index in [1.54, 1.807) is 12.3 Å². The van der Waals surface area contributed by atoms with Gasteiger partial charge in [-0.1, -0.05) is 79.8 Å². The molecule has 0 saturated carbocycles. The fourth-order valence-corrected chi connectivity index (χ4v) is 4.39. The summed E-state index contributed by atoms with van der Waals surface area (Å²) in [7, 11) is 0. The molecule has 1 aromatic heterocycles. The first kappa shape index (κ1) is 31.1. The van der Waals surface area contributed by atoms with Gasteiger partial charge in [-0.05, 0) is 51.0 Å². The zero-order valence-electron chi connectivity index (χ0n) is 22.3. The van der Waals surface area contributed by atoms with Crippen LogP contribution >= 0.6 is 11.8 Å². The van der Waals surface area contributed by atoms with E-state index in [0.717, 1.165) is 38.5 Å². The van der Waals surface area contributed by atoms with Crippen LogP contribution in [0.2, 0.25) is 0 Å². The van der Waals surface area contributed by atoms with Gasteiger partial charge in [0.25, 0.3) is 0 Å². The summed E-state index contributed by atoms with van der Waals surface area (Å²) in [4.78, 5) is 27.6. The van der Waals surface area contributed by atoms with E-state index < -0.39 is 11.9 Å². The zero-order chi connectivity index (χ0) is 27.3. The average Bonchev–Trinajstić information content (AvgIpc) is 3.37. The Bertz CT molecular complexity index is 1060. The van der Waals surface area contributed by atoms with Crippen molar-refractivity contribution < 1.29 is 14.3 Å². The predicted molar refractivity (Wildman–Crippen MR) is 158 cm³/mol. The van der Waals surface area contributed by atoms with Gasteiger partial charge in [-0.25, -0.2) is 4.79 Å². The fourth-order valence-electron chi connectivity index (χ4n) is 3.40. The highest BCUT2D eigenvalue weighted by atomic mass is 32.2. The van der Waals surface area contributed by atoms with Crippen LogP contribution in [0.1, 0.15) is 64.5 Å². The Morgan fingerprint density at radius 1 is 1.00 bits per heavy atom. The molecule has 1 fully saturated rings. The minimum atomic E-state index is -0.454. The molecule has 2 rings (SSSR count). The van der Waals surface area contributed by atoms with Crippen molar-refractivity contribution in [1.29, 1.82) is 0 Å². The maximum atomic E-state index is 12.0. The molecule has 0 spiro atoms. The predicted octanol–water partition coefficient (Wildman–Crippen LogP) is 6.43. The number of carbonyl (C=O) groups is 1. The van der Waals surface area contributed by atoms with Crippen molar-refractivity contribution in [3.05, 3.63) is 95.7 Å². The number of anilines is 1. The first-order valence-corrected chi connectivity index (χ1v) is 14.3.